The van der Waals surface area contributed by atoms with Crippen LogP contribution in [-0.4, -0.2) is 11.1 Å². The first kappa shape index (κ1) is 9.17. The molecule has 0 saturated carbocycles. The fraction of sp³-hybridized carbons (Fsp3) is 0.286. The maximum Gasteiger partial charge on any atom is 0.303 e. The van der Waals surface area contributed by atoms with Crippen molar-refractivity contribution in [1.82, 2.24) is 0 Å². The van der Waals surface area contributed by atoms with Crippen LogP contribution in [0.5, 0.6) is 0 Å². The Kier molecular flexibility index (Phi) is 5.77. The lowest BCUT2D eigenvalue weighted by Crippen LogP contribution is -1.86. The van der Waals surface area contributed by atoms with Gasteiger partial charge in [-0.2, -0.15) is 11.3 Å². The molecule has 1 aromatic rings. The number of aliphatic carboxylic acids is 1. The summed E-state index contributed by atoms with van der Waals surface area (Å²) >= 11 is 1.71. The smallest absolute Gasteiger partial charge is 0.303 e. The first-order valence-electron chi connectivity index (χ1n) is 2.96. The van der Waals surface area contributed by atoms with Gasteiger partial charge in [-0.3, -0.25) is 4.79 Å². The lowest BCUT2D eigenvalue weighted by Gasteiger charge is -1.71. The van der Waals surface area contributed by atoms with Gasteiger partial charge in [0.1, 0.15) is 0 Å². The van der Waals surface area contributed by atoms with Crippen molar-refractivity contribution in [3.63, 3.8) is 0 Å². The summed E-state index contributed by atoms with van der Waals surface area (Å²) in [7, 11) is 0. The highest BCUT2D eigenvalue weighted by Gasteiger charge is 1.80. The summed E-state index contributed by atoms with van der Waals surface area (Å²) in [5.41, 5.74) is 0. The second-order valence-corrected chi connectivity index (χ2v) is 2.36. The first-order valence-corrected chi connectivity index (χ1v) is 3.90. The highest BCUT2D eigenvalue weighted by molar-refractivity contribution is 7.07. The van der Waals surface area contributed by atoms with Crippen molar-refractivity contribution < 1.29 is 9.90 Å². The number of hydrogen-bond acceptors (Lipinski definition) is 2. The molecule has 2 nitrogen and oxygen atoms in total. The minimum atomic E-state index is -0.745. The van der Waals surface area contributed by atoms with Crippen LogP contribution in [0.3, 0.4) is 0 Å². The van der Waals surface area contributed by atoms with Crippen LogP contribution in [0.25, 0.3) is 0 Å². The molecule has 0 aromatic carbocycles. The Labute approximate surface area is 64.1 Å². The van der Waals surface area contributed by atoms with Crippen molar-refractivity contribution in [2.45, 2.75) is 13.3 Å². The topological polar surface area (TPSA) is 37.3 Å². The molecule has 0 amide bonds. The third kappa shape index (κ3) is 7.17. The average molecular weight is 158 g/mol. The molecule has 1 N–H and O–H groups in total. The van der Waals surface area contributed by atoms with Gasteiger partial charge in [-0.1, -0.05) is 19.1 Å². The molecule has 0 radical (unpaired) electrons. The maximum absolute atomic E-state index is 9.37. The van der Waals surface area contributed by atoms with Crippen LogP contribution in [-0.2, 0) is 4.79 Å². The molecular weight excluding hydrogens is 148 g/mol. The zero-order chi connectivity index (χ0) is 7.82. The van der Waals surface area contributed by atoms with Gasteiger partial charge in [0, 0.05) is 6.42 Å². The molecule has 0 bridgehead atoms. The molecule has 10 heavy (non-hydrogen) atoms. The summed E-state index contributed by atoms with van der Waals surface area (Å²) in [6.45, 7) is 1.60. The molecule has 3 heteroatoms. The van der Waals surface area contributed by atoms with E-state index in [1.54, 1.807) is 18.3 Å². The molecule has 0 spiro atoms. The second-order valence-electron chi connectivity index (χ2n) is 1.54. The highest BCUT2D eigenvalue weighted by Crippen LogP contribution is 1.91. The SMILES string of the molecule is CCC(=O)O.c1ccsc1. The van der Waals surface area contributed by atoms with Gasteiger partial charge in [-0.05, 0) is 10.8 Å². The van der Waals surface area contributed by atoms with Crippen molar-refractivity contribution in [2.75, 3.05) is 0 Å². The Bertz CT molecular complexity index is 141. The van der Waals surface area contributed by atoms with E-state index < -0.39 is 5.97 Å². The molecule has 0 saturated heterocycles. The van der Waals surface area contributed by atoms with Gasteiger partial charge in [-0.15, -0.1) is 0 Å². The predicted octanol–water partition coefficient (Wildman–Crippen LogP) is 2.23. The second kappa shape index (κ2) is 6.29. The zero-order valence-corrected chi connectivity index (χ0v) is 6.60. The van der Waals surface area contributed by atoms with Crippen molar-refractivity contribution in [2.24, 2.45) is 0 Å². The summed E-state index contributed by atoms with van der Waals surface area (Å²) < 4.78 is 0. The molecule has 0 aliphatic heterocycles. The number of thiophene rings is 1. The van der Waals surface area contributed by atoms with Gasteiger partial charge < -0.3 is 5.11 Å². The number of carbonyl (C=O) groups is 1. The Hall–Kier alpha value is -0.830. The van der Waals surface area contributed by atoms with Gasteiger partial charge in [0.15, 0.2) is 0 Å². The summed E-state index contributed by atoms with van der Waals surface area (Å²) in [6.07, 6.45) is 0.222. The van der Waals surface area contributed by atoms with E-state index in [1.165, 1.54) is 0 Å². The molecule has 0 fully saturated rings. The van der Waals surface area contributed by atoms with Gasteiger partial charge in [-0.25, -0.2) is 0 Å². The summed E-state index contributed by atoms with van der Waals surface area (Å²) in [4.78, 5) is 9.37. The molecule has 1 rings (SSSR count). The molecule has 0 unspecified atom stereocenters. The zero-order valence-electron chi connectivity index (χ0n) is 5.78. The van der Waals surface area contributed by atoms with E-state index in [-0.39, 0.29) is 6.42 Å². The third-order valence-corrected chi connectivity index (χ3v) is 1.36. The van der Waals surface area contributed by atoms with Crippen LogP contribution in [0.1, 0.15) is 13.3 Å². The average Bonchev–Trinajstić information content (AvgIpc) is 2.43. The standard InChI is InChI=1S/C4H4S.C3H6O2/c1-2-4-5-3-1;1-2-3(4)5/h1-4H;2H2,1H3,(H,4,5). The van der Waals surface area contributed by atoms with Gasteiger partial charge in [0.25, 0.3) is 0 Å². The Morgan fingerprint density at radius 3 is 2.00 bits per heavy atom. The van der Waals surface area contributed by atoms with Crippen LogP contribution in [0.2, 0.25) is 0 Å². The van der Waals surface area contributed by atoms with Crippen molar-refractivity contribution >= 4 is 17.3 Å². The van der Waals surface area contributed by atoms with Crippen LogP contribution in [0.15, 0.2) is 22.9 Å². The van der Waals surface area contributed by atoms with Crippen LogP contribution in [0.4, 0.5) is 0 Å². The van der Waals surface area contributed by atoms with Crippen molar-refractivity contribution in [3.05, 3.63) is 22.9 Å². The monoisotopic (exact) mass is 158 g/mol. The van der Waals surface area contributed by atoms with Crippen LogP contribution in [0, 0.1) is 0 Å². The van der Waals surface area contributed by atoms with E-state index in [0.29, 0.717) is 0 Å². The fourth-order valence-electron chi connectivity index (χ4n) is 0.227. The summed E-state index contributed by atoms with van der Waals surface area (Å²) in [5.74, 6) is -0.745. The first-order chi connectivity index (χ1) is 4.77. The minimum absolute atomic E-state index is 0.222. The van der Waals surface area contributed by atoms with Crippen LogP contribution >= 0.6 is 11.3 Å². The van der Waals surface area contributed by atoms with E-state index in [0.717, 1.165) is 0 Å². The molecule has 0 aliphatic rings. The van der Waals surface area contributed by atoms with Gasteiger partial charge >= 0.3 is 5.97 Å². The molecular formula is C7H10O2S. The Balaban J connectivity index is 0.000000162. The third-order valence-electron chi connectivity index (χ3n) is 0.728. The maximum atomic E-state index is 9.37. The summed E-state index contributed by atoms with van der Waals surface area (Å²) in [6, 6.07) is 4.04. The van der Waals surface area contributed by atoms with E-state index in [2.05, 4.69) is 0 Å². The van der Waals surface area contributed by atoms with E-state index in [4.69, 9.17) is 5.11 Å². The van der Waals surface area contributed by atoms with Crippen molar-refractivity contribution in [1.29, 1.82) is 0 Å². The van der Waals surface area contributed by atoms with E-state index in [1.807, 2.05) is 22.9 Å². The number of carboxylic acid groups (broad SMARTS) is 1. The van der Waals surface area contributed by atoms with Gasteiger partial charge in [0.05, 0.1) is 0 Å². The number of carboxylic acids is 1. The normalized spacial score (nSPS) is 7.70. The largest absolute Gasteiger partial charge is 0.481 e. The van der Waals surface area contributed by atoms with Crippen molar-refractivity contribution in [3.8, 4) is 0 Å². The Morgan fingerprint density at radius 1 is 1.50 bits per heavy atom. The van der Waals surface area contributed by atoms with Gasteiger partial charge in [0.2, 0.25) is 0 Å². The van der Waals surface area contributed by atoms with E-state index >= 15 is 0 Å². The molecule has 0 atom stereocenters. The highest BCUT2D eigenvalue weighted by atomic mass is 32.1. The number of hydrogen-bond donors (Lipinski definition) is 1. The molecule has 1 aromatic heterocycles. The molecule has 56 valence electrons. The van der Waals surface area contributed by atoms with Crippen LogP contribution < -0.4 is 0 Å². The molecule has 0 aliphatic carbocycles. The predicted molar refractivity (Wildman–Crippen MR) is 42.2 cm³/mol. The number of rotatable bonds is 1. The summed E-state index contributed by atoms with van der Waals surface area (Å²) in [5, 5.41) is 11.8. The fourth-order valence-corrected chi connectivity index (χ4v) is 0.680. The lowest BCUT2D eigenvalue weighted by atomic mass is 10.5. The molecule has 1 heterocycles. The lowest BCUT2D eigenvalue weighted by molar-refractivity contribution is -0.136. The van der Waals surface area contributed by atoms with E-state index in [9.17, 15) is 4.79 Å². The Morgan fingerprint density at radius 2 is 1.90 bits per heavy atom. The minimum Gasteiger partial charge on any atom is -0.481 e. The quantitative estimate of drug-likeness (QED) is 0.680.